The second kappa shape index (κ2) is 6.49. The summed E-state index contributed by atoms with van der Waals surface area (Å²) in [5.41, 5.74) is -0.447. The Balaban J connectivity index is 2.55. The maximum Gasteiger partial charge on any atom is 0.258 e. The summed E-state index contributed by atoms with van der Waals surface area (Å²) in [6, 6.07) is 1.11. The van der Waals surface area contributed by atoms with Crippen LogP contribution in [0.25, 0.3) is 0 Å². The van der Waals surface area contributed by atoms with E-state index in [-0.39, 0.29) is 30.6 Å². The molecule has 0 fully saturated rings. The third-order valence-electron chi connectivity index (χ3n) is 1.81. The molecule has 0 radical (unpaired) electrons. The molecule has 0 aromatic carbocycles. The average molecular weight is 239 g/mol. The van der Waals surface area contributed by atoms with Crippen LogP contribution in [0.5, 0.6) is 5.75 Å². The van der Waals surface area contributed by atoms with Gasteiger partial charge in [0.05, 0.1) is 0 Å². The van der Waals surface area contributed by atoms with E-state index in [2.05, 4.69) is 11.9 Å². The maximum atomic E-state index is 11.4. The molecule has 0 spiro atoms. The molecule has 1 aromatic heterocycles. The van der Waals surface area contributed by atoms with E-state index in [0.29, 0.717) is 6.54 Å². The summed E-state index contributed by atoms with van der Waals surface area (Å²) < 4.78 is 9.84. The van der Waals surface area contributed by atoms with E-state index < -0.39 is 5.43 Å². The number of carbonyl (C=O) groups excluding carboxylic acids is 1. The lowest BCUT2D eigenvalue weighted by Crippen LogP contribution is -2.29. The van der Waals surface area contributed by atoms with Crippen LogP contribution in [0.15, 0.2) is 34.2 Å². The normalized spacial score (nSPS) is 9.71. The number of hydrogen-bond acceptors (Lipinski definition) is 5. The largest absolute Gasteiger partial charge is 0.477 e. The molecule has 6 nitrogen and oxygen atoms in total. The summed E-state index contributed by atoms with van der Waals surface area (Å²) in [6.45, 7) is 3.13. The van der Waals surface area contributed by atoms with Gasteiger partial charge in [-0.25, -0.2) is 0 Å². The monoisotopic (exact) mass is 239 g/mol. The Hall–Kier alpha value is -2.08. The first-order valence-corrected chi connectivity index (χ1v) is 4.90. The number of carbonyl (C=O) groups is 1. The van der Waals surface area contributed by atoms with Crippen molar-refractivity contribution < 1.29 is 19.1 Å². The lowest BCUT2D eigenvalue weighted by atomic mass is 10.4. The van der Waals surface area contributed by atoms with Crippen molar-refractivity contribution in [2.75, 3.05) is 13.2 Å². The SMILES string of the molecule is C=CCNC(=O)COc1coc(CO)cc1=O. The molecular formula is C11H13NO5. The van der Waals surface area contributed by atoms with Gasteiger partial charge in [0, 0.05) is 12.6 Å². The van der Waals surface area contributed by atoms with Crippen LogP contribution in [-0.4, -0.2) is 24.2 Å². The van der Waals surface area contributed by atoms with Crippen LogP contribution < -0.4 is 15.5 Å². The molecule has 0 saturated heterocycles. The van der Waals surface area contributed by atoms with Gasteiger partial charge < -0.3 is 19.6 Å². The number of aliphatic hydroxyl groups is 1. The van der Waals surface area contributed by atoms with Crippen molar-refractivity contribution >= 4 is 5.91 Å². The van der Waals surface area contributed by atoms with Gasteiger partial charge in [-0.1, -0.05) is 6.08 Å². The molecule has 17 heavy (non-hydrogen) atoms. The highest BCUT2D eigenvalue weighted by Crippen LogP contribution is 2.05. The van der Waals surface area contributed by atoms with Crippen molar-refractivity contribution in [2.45, 2.75) is 6.61 Å². The minimum Gasteiger partial charge on any atom is -0.477 e. The molecular weight excluding hydrogens is 226 g/mol. The fourth-order valence-corrected chi connectivity index (χ4v) is 1.01. The number of aliphatic hydroxyl groups excluding tert-OH is 1. The van der Waals surface area contributed by atoms with Gasteiger partial charge >= 0.3 is 0 Å². The number of ether oxygens (including phenoxy) is 1. The zero-order valence-electron chi connectivity index (χ0n) is 9.14. The predicted octanol–water partition coefficient (Wildman–Crippen LogP) is -0.187. The molecule has 6 heteroatoms. The third-order valence-corrected chi connectivity index (χ3v) is 1.81. The Morgan fingerprint density at radius 2 is 2.41 bits per heavy atom. The van der Waals surface area contributed by atoms with Crippen LogP contribution in [0.1, 0.15) is 5.76 Å². The first-order valence-electron chi connectivity index (χ1n) is 4.90. The van der Waals surface area contributed by atoms with Crippen molar-refractivity contribution in [1.82, 2.24) is 5.32 Å². The number of nitrogens with one attached hydrogen (secondary N) is 1. The molecule has 92 valence electrons. The standard InChI is InChI=1S/C11H13NO5/c1-2-3-12-11(15)7-17-10-6-16-8(5-13)4-9(10)14/h2,4,6,13H,1,3,5,7H2,(H,12,15). The average Bonchev–Trinajstić information content (AvgIpc) is 2.34. The molecule has 1 amide bonds. The molecule has 0 aliphatic heterocycles. The van der Waals surface area contributed by atoms with Crippen molar-refractivity contribution in [2.24, 2.45) is 0 Å². The van der Waals surface area contributed by atoms with Gasteiger partial charge in [-0.2, -0.15) is 0 Å². The van der Waals surface area contributed by atoms with E-state index in [1.807, 2.05) is 0 Å². The van der Waals surface area contributed by atoms with Gasteiger partial charge in [-0.3, -0.25) is 9.59 Å². The molecule has 0 unspecified atom stereocenters. The number of amides is 1. The van der Waals surface area contributed by atoms with E-state index in [4.69, 9.17) is 14.3 Å². The van der Waals surface area contributed by atoms with E-state index in [1.165, 1.54) is 6.08 Å². The van der Waals surface area contributed by atoms with E-state index in [9.17, 15) is 9.59 Å². The van der Waals surface area contributed by atoms with Crippen molar-refractivity contribution in [3.05, 3.63) is 41.0 Å². The smallest absolute Gasteiger partial charge is 0.258 e. The zero-order chi connectivity index (χ0) is 12.7. The highest BCUT2D eigenvalue weighted by atomic mass is 16.5. The van der Waals surface area contributed by atoms with Crippen LogP contribution in [0.4, 0.5) is 0 Å². The Bertz CT molecular complexity index is 451. The van der Waals surface area contributed by atoms with Gasteiger partial charge in [0.25, 0.3) is 5.91 Å². The molecule has 1 aromatic rings. The Labute approximate surface area is 97.5 Å². The topological polar surface area (TPSA) is 88.8 Å². The van der Waals surface area contributed by atoms with E-state index in [1.54, 1.807) is 0 Å². The molecule has 1 rings (SSSR count). The zero-order valence-corrected chi connectivity index (χ0v) is 9.14. The lowest BCUT2D eigenvalue weighted by molar-refractivity contribution is -0.122. The van der Waals surface area contributed by atoms with Gasteiger partial charge in [0.1, 0.15) is 18.6 Å². The van der Waals surface area contributed by atoms with Gasteiger partial charge in [-0.05, 0) is 0 Å². The summed E-state index contributed by atoms with van der Waals surface area (Å²) in [4.78, 5) is 22.5. The maximum absolute atomic E-state index is 11.4. The number of hydrogen-bond donors (Lipinski definition) is 2. The van der Waals surface area contributed by atoms with Crippen molar-refractivity contribution in [3.8, 4) is 5.75 Å². The Morgan fingerprint density at radius 1 is 1.65 bits per heavy atom. The highest BCUT2D eigenvalue weighted by Gasteiger charge is 2.06. The van der Waals surface area contributed by atoms with Crippen molar-refractivity contribution in [3.63, 3.8) is 0 Å². The second-order valence-electron chi connectivity index (χ2n) is 3.11. The fraction of sp³-hybridized carbons (Fsp3) is 0.273. The second-order valence-corrected chi connectivity index (χ2v) is 3.11. The van der Waals surface area contributed by atoms with Crippen LogP contribution >= 0.6 is 0 Å². The highest BCUT2D eigenvalue weighted by molar-refractivity contribution is 5.77. The van der Waals surface area contributed by atoms with Crippen LogP contribution in [0.2, 0.25) is 0 Å². The minimum atomic E-state index is -0.447. The summed E-state index contributed by atoms with van der Waals surface area (Å²) in [5.74, 6) is -0.301. The van der Waals surface area contributed by atoms with Crippen LogP contribution in [-0.2, 0) is 11.4 Å². The first kappa shape index (κ1) is 13.0. The van der Waals surface area contributed by atoms with Crippen LogP contribution in [0.3, 0.4) is 0 Å². The third kappa shape index (κ3) is 4.12. The van der Waals surface area contributed by atoms with Crippen LogP contribution in [0, 0.1) is 0 Å². The molecule has 0 saturated carbocycles. The predicted molar refractivity (Wildman–Crippen MR) is 59.6 cm³/mol. The van der Waals surface area contributed by atoms with Gasteiger partial charge in [0.15, 0.2) is 6.61 Å². The molecule has 0 aliphatic rings. The molecule has 0 atom stereocenters. The summed E-state index contributed by atoms with van der Waals surface area (Å²) in [7, 11) is 0. The molecule has 0 bridgehead atoms. The van der Waals surface area contributed by atoms with Crippen molar-refractivity contribution in [1.29, 1.82) is 0 Å². The Kier molecular flexibility index (Phi) is 4.96. The Morgan fingerprint density at radius 3 is 3.00 bits per heavy atom. The molecule has 1 heterocycles. The minimum absolute atomic E-state index is 0.0732. The quantitative estimate of drug-likeness (QED) is 0.672. The van der Waals surface area contributed by atoms with Gasteiger partial charge in [-0.15, -0.1) is 6.58 Å². The molecule has 0 aliphatic carbocycles. The van der Waals surface area contributed by atoms with Gasteiger partial charge in [0.2, 0.25) is 11.2 Å². The van der Waals surface area contributed by atoms with E-state index >= 15 is 0 Å². The lowest BCUT2D eigenvalue weighted by Gasteiger charge is -2.05. The summed E-state index contributed by atoms with van der Waals surface area (Å²) in [6.07, 6.45) is 2.59. The fourth-order valence-electron chi connectivity index (χ4n) is 1.01. The molecule has 2 N–H and O–H groups in total. The van der Waals surface area contributed by atoms with E-state index in [0.717, 1.165) is 12.3 Å². The summed E-state index contributed by atoms with van der Waals surface area (Å²) in [5, 5.41) is 11.2. The summed E-state index contributed by atoms with van der Waals surface area (Å²) >= 11 is 0. The number of rotatable bonds is 6. The first-order chi connectivity index (χ1) is 8.17.